The lowest BCUT2D eigenvalue weighted by molar-refractivity contribution is -0.390. The van der Waals surface area contributed by atoms with Crippen molar-refractivity contribution >= 4 is 21.7 Å². The monoisotopic (exact) mass is 288 g/mol. The summed E-state index contributed by atoms with van der Waals surface area (Å²) in [5.41, 5.74) is 0. The van der Waals surface area contributed by atoms with E-state index in [2.05, 4.69) is 20.9 Å². The number of alkyl halides is 1. The van der Waals surface area contributed by atoms with Gasteiger partial charge in [-0.05, 0) is 28.5 Å². The maximum Gasteiger partial charge on any atom is 0.406 e. The van der Waals surface area contributed by atoms with E-state index in [9.17, 15) is 10.1 Å². The van der Waals surface area contributed by atoms with Crippen molar-refractivity contribution in [1.82, 2.24) is 4.98 Å². The lowest BCUT2D eigenvalue weighted by Gasteiger charge is -2.12. The van der Waals surface area contributed by atoms with E-state index in [1.165, 1.54) is 6.20 Å². The molecule has 0 fully saturated rings. The number of aromatic nitrogens is 1. The summed E-state index contributed by atoms with van der Waals surface area (Å²) in [6, 6.07) is 3.18. The maximum atomic E-state index is 10.7. The molecule has 0 aliphatic heterocycles. The molecule has 0 radical (unpaired) electrons. The number of hydrogen-bond acceptors (Lipinski definition) is 4. The SMILES string of the molecule is CCC(CBr)COc1cccnc1[N+](=O)[O-]. The molecule has 0 aliphatic rings. The molecule has 0 aromatic carbocycles. The summed E-state index contributed by atoms with van der Waals surface area (Å²) in [6.07, 6.45) is 2.34. The molecule has 0 spiro atoms. The molecular weight excluding hydrogens is 276 g/mol. The first kappa shape index (κ1) is 12.9. The fourth-order valence-electron chi connectivity index (χ4n) is 1.11. The summed E-state index contributed by atoms with van der Waals surface area (Å²) in [7, 11) is 0. The second kappa shape index (κ2) is 6.42. The van der Waals surface area contributed by atoms with Gasteiger partial charge in [0.15, 0.2) is 0 Å². The van der Waals surface area contributed by atoms with Crippen molar-refractivity contribution < 1.29 is 9.66 Å². The fraction of sp³-hybridized carbons (Fsp3) is 0.500. The first-order valence-electron chi connectivity index (χ1n) is 4.97. The number of rotatable bonds is 6. The summed E-state index contributed by atoms with van der Waals surface area (Å²) in [6.45, 7) is 2.50. The average Bonchev–Trinajstić information content (AvgIpc) is 2.30. The first-order valence-corrected chi connectivity index (χ1v) is 6.09. The average molecular weight is 289 g/mol. The van der Waals surface area contributed by atoms with Crippen LogP contribution in [0.5, 0.6) is 5.75 Å². The normalized spacial score (nSPS) is 12.1. The number of nitro groups is 1. The van der Waals surface area contributed by atoms with E-state index in [1.54, 1.807) is 12.1 Å². The van der Waals surface area contributed by atoms with Crippen molar-refractivity contribution in [2.75, 3.05) is 11.9 Å². The smallest absolute Gasteiger partial charge is 0.406 e. The van der Waals surface area contributed by atoms with Gasteiger partial charge in [0, 0.05) is 11.2 Å². The van der Waals surface area contributed by atoms with E-state index in [4.69, 9.17) is 4.74 Å². The Morgan fingerprint density at radius 2 is 2.44 bits per heavy atom. The highest BCUT2D eigenvalue weighted by molar-refractivity contribution is 9.09. The van der Waals surface area contributed by atoms with Crippen LogP contribution in [0.1, 0.15) is 13.3 Å². The zero-order valence-corrected chi connectivity index (χ0v) is 10.5. The zero-order chi connectivity index (χ0) is 12.0. The van der Waals surface area contributed by atoms with Crippen molar-refractivity contribution in [1.29, 1.82) is 0 Å². The predicted molar refractivity (Wildman–Crippen MR) is 64.0 cm³/mol. The van der Waals surface area contributed by atoms with Crippen molar-refractivity contribution in [2.45, 2.75) is 13.3 Å². The second-order valence-electron chi connectivity index (χ2n) is 3.32. The molecule has 0 bridgehead atoms. The minimum absolute atomic E-state index is 0.229. The Labute approximate surface area is 102 Å². The number of hydrogen-bond donors (Lipinski definition) is 0. The quantitative estimate of drug-likeness (QED) is 0.459. The van der Waals surface area contributed by atoms with Crippen molar-refractivity contribution in [3.05, 3.63) is 28.4 Å². The Bertz CT molecular complexity index is 356. The summed E-state index contributed by atoms with van der Waals surface area (Å²) in [4.78, 5) is 13.8. The molecule has 6 heteroatoms. The van der Waals surface area contributed by atoms with Gasteiger partial charge < -0.3 is 14.9 Å². The molecule has 5 nitrogen and oxygen atoms in total. The zero-order valence-electron chi connectivity index (χ0n) is 8.93. The van der Waals surface area contributed by atoms with Crippen molar-refractivity contribution in [2.24, 2.45) is 5.92 Å². The minimum Gasteiger partial charge on any atom is -0.485 e. The van der Waals surface area contributed by atoms with Gasteiger partial charge in [0.2, 0.25) is 5.75 Å². The third-order valence-corrected chi connectivity index (χ3v) is 3.11. The van der Waals surface area contributed by atoms with Crippen LogP contribution in [-0.4, -0.2) is 21.8 Å². The standard InChI is InChI=1S/C10H13BrN2O3/c1-2-8(6-11)7-16-9-4-3-5-12-10(9)13(14)15/h3-5,8H,2,6-7H2,1H3. The lowest BCUT2D eigenvalue weighted by Crippen LogP contribution is -2.13. The number of ether oxygens (including phenoxy) is 1. The van der Waals surface area contributed by atoms with Gasteiger partial charge in [0.1, 0.15) is 6.20 Å². The van der Waals surface area contributed by atoms with E-state index < -0.39 is 4.92 Å². The molecule has 1 aromatic heterocycles. The third-order valence-electron chi connectivity index (χ3n) is 2.19. The summed E-state index contributed by atoms with van der Waals surface area (Å²) in [5.74, 6) is 0.346. The molecule has 88 valence electrons. The molecule has 1 unspecified atom stereocenters. The molecule has 16 heavy (non-hydrogen) atoms. The van der Waals surface area contributed by atoms with Gasteiger partial charge in [0.05, 0.1) is 6.61 Å². The van der Waals surface area contributed by atoms with Crippen molar-refractivity contribution in [3.63, 3.8) is 0 Å². The molecule has 1 atom stereocenters. The van der Waals surface area contributed by atoms with E-state index in [1.807, 2.05) is 6.92 Å². The van der Waals surface area contributed by atoms with Crippen LogP contribution in [0.3, 0.4) is 0 Å². The molecule has 1 heterocycles. The van der Waals surface area contributed by atoms with Crippen LogP contribution in [0.2, 0.25) is 0 Å². The Morgan fingerprint density at radius 1 is 1.69 bits per heavy atom. The van der Waals surface area contributed by atoms with Crippen LogP contribution < -0.4 is 4.74 Å². The van der Waals surface area contributed by atoms with Gasteiger partial charge in [0.25, 0.3) is 0 Å². The highest BCUT2D eigenvalue weighted by atomic mass is 79.9. The molecule has 0 N–H and O–H groups in total. The van der Waals surface area contributed by atoms with Crippen LogP contribution in [-0.2, 0) is 0 Å². The van der Waals surface area contributed by atoms with E-state index in [0.717, 1.165) is 11.8 Å². The van der Waals surface area contributed by atoms with Gasteiger partial charge in [-0.2, -0.15) is 0 Å². The molecule has 0 saturated heterocycles. The summed E-state index contributed by atoms with van der Waals surface area (Å²) in [5, 5.41) is 11.5. The lowest BCUT2D eigenvalue weighted by atomic mass is 10.1. The van der Waals surface area contributed by atoms with E-state index >= 15 is 0 Å². The van der Waals surface area contributed by atoms with E-state index in [-0.39, 0.29) is 11.6 Å². The molecule has 0 aliphatic carbocycles. The topological polar surface area (TPSA) is 65.3 Å². The summed E-state index contributed by atoms with van der Waals surface area (Å²) >= 11 is 3.37. The van der Waals surface area contributed by atoms with Crippen LogP contribution in [0.4, 0.5) is 5.82 Å². The summed E-state index contributed by atoms with van der Waals surface area (Å²) < 4.78 is 5.41. The number of halogens is 1. The fourth-order valence-corrected chi connectivity index (χ4v) is 1.76. The number of pyridine rings is 1. The highest BCUT2D eigenvalue weighted by Gasteiger charge is 2.16. The Kier molecular flexibility index (Phi) is 5.18. The largest absolute Gasteiger partial charge is 0.485 e. The minimum atomic E-state index is -0.537. The molecule has 0 saturated carbocycles. The molecule has 0 amide bonds. The van der Waals surface area contributed by atoms with Gasteiger partial charge in [-0.3, -0.25) is 0 Å². The van der Waals surface area contributed by atoms with Gasteiger partial charge in [-0.25, -0.2) is 0 Å². The van der Waals surface area contributed by atoms with Gasteiger partial charge >= 0.3 is 5.82 Å². The molecular formula is C10H13BrN2O3. The maximum absolute atomic E-state index is 10.7. The number of nitrogens with zero attached hydrogens (tertiary/aromatic N) is 2. The van der Waals surface area contributed by atoms with Crippen LogP contribution in [0.25, 0.3) is 0 Å². The molecule has 1 rings (SSSR count). The van der Waals surface area contributed by atoms with E-state index in [0.29, 0.717) is 12.5 Å². The Hall–Kier alpha value is -1.17. The highest BCUT2D eigenvalue weighted by Crippen LogP contribution is 2.23. The molecule has 1 aromatic rings. The Balaban J connectivity index is 2.69. The predicted octanol–water partition coefficient (Wildman–Crippen LogP) is 2.79. The van der Waals surface area contributed by atoms with Crippen LogP contribution >= 0.6 is 15.9 Å². The van der Waals surface area contributed by atoms with Crippen molar-refractivity contribution in [3.8, 4) is 5.75 Å². The Morgan fingerprint density at radius 3 is 3.00 bits per heavy atom. The second-order valence-corrected chi connectivity index (χ2v) is 3.97. The van der Waals surface area contributed by atoms with Crippen LogP contribution in [0.15, 0.2) is 18.3 Å². The van der Waals surface area contributed by atoms with Crippen LogP contribution in [0, 0.1) is 16.0 Å². The van der Waals surface area contributed by atoms with Gasteiger partial charge in [-0.1, -0.05) is 22.9 Å². The van der Waals surface area contributed by atoms with Gasteiger partial charge in [-0.15, -0.1) is 0 Å². The third kappa shape index (κ3) is 3.44. The first-order chi connectivity index (χ1) is 7.69.